The highest BCUT2D eigenvalue weighted by molar-refractivity contribution is 6.05. The van der Waals surface area contributed by atoms with Crippen LogP contribution in [0.15, 0.2) is 28.7 Å². The lowest BCUT2D eigenvalue weighted by atomic mass is 10.2. The number of carbonyl (C=O) groups is 2. The summed E-state index contributed by atoms with van der Waals surface area (Å²) in [6, 6.07) is 7.15. The fourth-order valence-electron chi connectivity index (χ4n) is 1.45. The lowest BCUT2D eigenvalue weighted by Crippen LogP contribution is -2.06. The van der Waals surface area contributed by atoms with Crippen LogP contribution in [-0.4, -0.2) is 12.2 Å². The number of hydrogen-bond acceptors (Lipinski definition) is 3. The van der Waals surface area contributed by atoms with E-state index in [4.69, 9.17) is 4.42 Å². The molecule has 0 saturated heterocycles. The van der Waals surface area contributed by atoms with Crippen molar-refractivity contribution in [2.45, 2.75) is 6.92 Å². The number of nitrogens with one attached hydrogen (secondary N) is 1. The number of amides is 1. The highest BCUT2D eigenvalue weighted by Crippen LogP contribution is 2.29. The number of aldehydes is 1. The molecule has 0 saturated carbocycles. The van der Waals surface area contributed by atoms with Gasteiger partial charge in [0.15, 0.2) is 12.0 Å². The molecule has 0 spiro atoms. The van der Waals surface area contributed by atoms with Crippen LogP contribution in [0.4, 0.5) is 5.69 Å². The Balaban J connectivity index is 2.66. The van der Waals surface area contributed by atoms with Crippen LogP contribution in [-0.2, 0) is 4.79 Å². The number of rotatable bonds is 2. The van der Waals surface area contributed by atoms with Crippen LogP contribution in [0.2, 0.25) is 0 Å². The first kappa shape index (κ1) is 9.45. The summed E-state index contributed by atoms with van der Waals surface area (Å²) in [5, 5.41) is 3.31. The van der Waals surface area contributed by atoms with E-state index in [0.717, 1.165) is 5.39 Å². The van der Waals surface area contributed by atoms with Crippen LogP contribution in [0.5, 0.6) is 0 Å². The molecule has 0 fully saturated rings. The third-order valence-electron chi connectivity index (χ3n) is 2.03. The van der Waals surface area contributed by atoms with Gasteiger partial charge in [0.1, 0.15) is 5.58 Å². The molecule has 4 heteroatoms. The monoisotopic (exact) mass is 203 g/mol. The van der Waals surface area contributed by atoms with Gasteiger partial charge in [-0.1, -0.05) is 12.1 Å². The lowest BCUT2D eigenvalue weighted by molar-refractivity contribution is -0.114. The molecule has 1 N–H and O–H groups in total. The molecule has 1 aromatic heterocycles. The van der Waals surface area contributed by atoms with E-state index in [1.807, 2.05) is 6.07 Å². The smallest absolute Gasteiger partial charge is 0.221 e. The van der Waals surface area contributed by atoms with E-state index in [0.29, 0.717) is 17.6 Å². The van der Waals surface area contributed by atoms with E-state index < -0.39 is 0 Å². The minimum absolute atomic E-state index is 0.145. The van der Waals surface area contributed by atoms with Crippen molar-refractivity contribution in [2.75, 3.05) is 5.32 Å². The van der Waals surface area contributed by atoms with Gasteiger partial charge < -0.3 is 9.73 Å². The van der Waals surface area contributed by atoms with Crippen molar-refractivity contribution in [3.05, 3.63) is 30.0 Å². The second-order valence-corrected chi connectivity index (χ2v) is 3.14. The number of fused-ring (bicyclic) bond motifs is 1. The average molecular weight is 203 g/mol. The number of para-hydroxylation sites is 1. The van der Waals surface area contributed by atoms with Crippen LogP contribution in [0.1, 0.15) is 17.5 Å². The normalized spacial score (nSPS) is 10.2. The summed E-state index contributed by atoms with van der Waals surface area (Å²) in [5.41, 5.74) is 1.02. The topological polar surface area (TPSA) is 59.3 Å². The van der Waals surface area contributed by atoms with Gasteiger partial charge in [-0.3, -0.25) is 9.59 Å². The molecule has 0 aliphatic carbocycles. The Hall–Kier alpha value is -2.10. The maximum absolute atomic E-state index is 11.0. The van der Waals surface area contributed by atoms with Gasteiger partial charge in [-0.2, -0.15) is 0 Å². The van der Waals surface area contributed by atoms with Gasteiger partial charge in [-0.05, 0) is 12.1 Å². The second kappa shape index (κ2) is 3.57. The van der Waals surface area contributed by atoms with E-state index in [9.17, 15) is 9.59 Å². The summed E-state index contributed by atoms with van der Waals surface area (Å²) in [5.74, 6) is -0.0870. The Morgan fingerprint density at radius 1 is 1.40 bits per heavy atom. The van der Waals surface area contributed by atoms with E-state index in [2.05, 4.69) is 5.32 Å². The Kier molecular flexibility index (Phi) is 2.25. The quantitative estimate of drug-likeness (QED) is 0.761. The van der Waals surface area contributed by atoms with Crippen molar-refractivity contribution in [1.82, 2.24) is 0 Å². The largest absolute Gasteiger partial charge is 0.451 e. The van der Waals surface area contributed by atoms with Gasteiger partial charge in [0.05, 0.1) is 5.69 Å². The number of furan rings is 1. The van der Waals surface area contributed by atoms with Gasteiger partial charge >= 0.3 is 0 Å². The van der Waals surface area contributed by atoms with Crippen molar-refractivity contribution >= 4 is 28.8 Å². The maximum atomic E-state index is 11.0. The third-order valence-corrected chi connectivity index (χ3v) is 2.03. The average Bonchev–Trinajstić information content (AvgIpc) is 2.56. The highest BCUT2D eigenvalue weighted by Gasteiger charge is 2.13. The molecule has 1 heterocycles. The molecule has 0 aliphatic heterocycles. The molecular weight excluding hydrogens is 194 g/mol. The molecule has 4 nitrogen and oxygen atoms in total. The van der Waals surface area contributed by atoms with Crippen LogP contribution in [0.25, 0.3) is 11.0 Å². The molecule has 2 aromatic rings. The molecular formula is C11H9NO3. The minimum atomic E-state index is -0.232. The highest BCUT2D eigenvalue weighted by atomic mass is 16.3. The fourth-order valence-corrected chi connectivity index (χ4v) is 1.45. The zero-order valence-corrected chi connectivity index (χ0v) is 8.11. The van der Waals surface area contributed by atoms with E-state index in [-0.39, 0.29) is 11.7 Å². The minimum Gasteiger partial charge on any atom is -0.451 e. The van der Waals surface area contributed by atoms with Crippen molar-refractivity contribution in [3.8, 4) is 0 Å². The van der Waals surface area contributed by atoms with Crippen LogP contribution in [0, 0.1) is 0 Å². The van der Waals surface area contributed by atoms with Crippen LogP contribution < -0.4 is 5.32 Å². The Bertz CT molecular complexity index is 528. The summed E-state index contributed by atoms with van der Waals surface area (Å²) < 4.78 is 5.27. The predicted octanol–water partition coefficient (Wildman–Crippen LogP) is 2.20. The van der Waals surface area contributed by atoms with Crippen LogP contribution >= 0.6 is 0 Å². The van der Waals surface area contributed by atoms with Crippen molar-refractivity contribution in [1.29, 1.82) is 0 Å². The zero-order valence-electron chi connectivity index (χ0n) is 8.11. The Labute approximate surface area is 85.9 Å². The SMILES string of the molecule is CC(=O)Nc1c(C=O)oc2ccccc12. The number of carbonyl (C=O) groups excluding carboxylic acids is 2. The molecule has 76 valence electrons. The maximum Gasteiger partial charge on any atom is 0.221 e. The summed E-state index contributed by atoms with van der Waals surface area (Å²) in [6.07, 6.45) is 0.589. The molecule has 2 rings (SSSR count). The first-order chi connectivity index (χ1) is 7.22. The van der Waals surface area contributed by atoms with Crippen LogP contribution in [0.3, 0.4) is 0 Å². The standard InChI is InChI=1S/C11H9NO3/c1-7(14)12-11-8-4-2-3-5-9(8)15-10(11)6-13/h2-6H,1H3,(H,12,14). The van der Waals surface area contributed by atoms with Crippen molar-refractivity contribution in [2.24, 2.45) is 0 Å². The third kappa shape index (κ3) is 1.61. The Morgan fingerprint density at radius 3 is 2.80 bits per heavy atom. The van der Waals surface area contributed by atoms with E-state index in [1.54, 1.807) is 18.2 Å². The predicted molar refractivity (Wildman–Crippen MR) is 55.9 cm³/mol. The fraction of sp³-hybridized carbons (Fsp3) is 0.0909. The summed E-state index contributed by atoms with van der Waals surface area (Å²) in [6.45, 7) is 1.39. The molecule has 0 atom stereocenters. The molecule has 1 amide bonds. The van der Waals surface area contributed by atoms with Gasteiger partial charge in [-0.15, -0.1) is 0 Å². The molecule has 0 radical (unpaired) electrons. The molecule has 1 aromatic carbocycles. The molecule has 0 aliphatic rings. The van der Waals surface area contributed by atoms with Gasteiger partial charge in [0, 0.05) is 12.3 Å². The molecule has 15 heavy (non-hydrogen) atoms. The van der Waals surface area contributed by atoms with Gasteiger partial charge in [0.2, 0.25) is 5.91 Å². The molecule has 0 bridgehead atoms. The Morgan fingerprint density at radius 2 is 2.13 bits per heavy atom. The van der Waals surface area contributed by atoms with Gasteiger partial charge in [-0.25, -0.2) is 0 Å². The van der Waals surface area contributed by atoms with Gasteiger partial charge in [0.25, 0.3) is 0 Å². The summed E-state index contributed by atoms with van der Waals surface area (Å²) >= 11 is 0. The van der Waals surface area contributed by atoms with E-state index in [1.165, 1.54) is 6.92 Å². The van der Waals surface area contributed by atoms with Crippen molar-refractivity contribution < 1.29 is 14.0 Å². The number of hydrogen-bond donors (Lipinski definition) is 1. The summed E-state index contributed by atoms with van der Waals surface area (Å²) in [4.78, 5) is 21.7. The van der Waals surface area contributed by atoms with Crippen molar-refractivity contribution in [3.63, 3.8) is 0 Å². The number of benzene rings is 1. The molecule has 0 unspecified atom stereocenters. The lowest BCUT2D eigenvalue weighted by Gasteiger charge is -1.98. The van der Waals surface area contributed by atoms with E-state index >= 15 is 0 Å². The second-order valence-electron chi connectivity index (χ2n) is 3.14. The summed E-state index contributed by atoms with van der Waals surface area (Å²) in [7, 11) is 0. The number of anilines is 1. The zero-order chi connectivity index (χ0) is 10.8. The first-order valence-electron chi connectivity index (χ1n) is 4.46. The first-order valence-corrected chi connectivity index (χ1v) is 4.46.